The van der Waals surface area contributed by atoms with Gasteiger partial charge in [0.25, 0.3) is 0 Å². The largest absolute Gasteiger partial charge is 0.490 e. The summed E-state index contributed by atoms with van der Waals surface area (Å²) < 4.78 is 11.1. The van der Waals surface area contributed by atoms with E-state index in [0.717, 1.165) is 11.3 Å². The van der Waals surface area contributed by atoms with Gasteiger partial charge in [0, 0.05) is 0 Å². The number of aliphatic hydroxyl groups is 1. The lowest BCUT2D eigenvalue weighted by Crippen LogP contribution is -2.27. The summed E-state index contributed by atoms with van der Waals surface area (Å²) in [5.41, 5.74) is -0.0132. The quantitative estimate of drug-likeness (QED) is 0.844. The maximum Gasteiger partial charge on any atom is 0.161 e. The first-order chi connectivity index (χ1) is 8.43. The molecule has 0 amide bonds. The Bertz CT molecular complexity index is 383. The standard InChI is InChI=1S/C15H24O3/c1-6-17-13-9-8-12(10-14(13)18-7-2)15(5,16)11(3)4/h8-11,16H,6-7H2,1-5H3. The summed E-state index contributed by atoms with van der Waals surface area (Å²) in [6.45, 7) is 10.9. The molecule has 1 aromatic carbocycles. The normalized spacial score (nSPS) is 14.4. The second kappa shape index (κ2) is 6.10. The summed E-state index contributed by atoms with van der Waals surface area (Å²) in [6, 6.07) is 5.63. The SMILES string of the molecule is CCOc1ccc(C(C)(O)C(C)C)cc1OCC. The molecule has 102 valence electrons. The molecule has 0 spiro atoms. The molecule has 3 heteroatoms. The Morgan fingerprint density at radius 3 is 2.17 bits per heavy atom. The minimum absolute atomic E-state index is 0.130. The van der Waals surface area contributed by atoms with E-state index in [2.05, 4.69) is 0 Å². The Balaban J connectivity index is 3.13. The number of hydrogen-bond acceptors (Lipinski definition) is 3. The Labute approximate surface area is 110 Å². The van der Waals surface area contributed by atoms with Crippen LogP contribution in [0.1, 0.15) is 40.2 Å². The molecule has 0 saturated carbocycles. The van der Waals surface area contributed by atoms with Crippen molar-refractivity contribution in [1.82, 2.24) is 0 Å². The number of ether oxygens (including phenoxy) is 2. The molecule has 0 aliphatic rings. The average Bonchev–Trinajstić information content (AvgIpc) is 2.31. The fraction of sp³-hybridized carbons (Fsp3) is 0.600. The number of hydrogen-bond donors (Lipinski definition) is 1. The van der Waals surface area contributed by atoms with Crippen LogP contribution in [0.3, 0.4) is 0 Å². The molecular weight excluding hydrogens is 228 g/mol. The van der Waals surface area contributed by atoms with Crippen LogP contribution >= 0.6 is 0 Å². The first kappa shape index (κ1) is 14.8. The van der Waals surface area contributed by atoms with Gasteiger partial charge >= 0.3 is 0 Å². The summed E-state index contributed by atoms with van der Waals surface area (Å²) in [4.78, 5) is 0. The molecule has 0 radical (unpaired) electrons. The highest BCUT2D eigenvalue weighted by atomic mass is 16.5. The van der Waals surface area contributed by atoms with Crippen LogP contribution in [-0.2, 0) is 5.60 Å². The van der Waals surface area contributed by atoms with Gasteiger partial charge in [0.05, 0.1) is 18.8 Å². The molecule has 0 aliphatic heterocycles. The number of rotatable bonds is 6. The predicted molar refractivity (Wildman–Crippen MR) is 73.2 cm³/mol. The maximum atomic E-state index is 10.5. The summed E-state index contributed by atoms with van der Waals surface area (Å²) >= 11 is 0. The van der Waals surface area contributed by atoms with E-state index >= 15 is 0 Å². The van der Waals surface area contributed by atoms with E-state index < -0.39 is 5.60 Å². The lowest BCUT2D eigenvalue weighted by Gasteiger charge is -2.29. The zero-order valence-electron chi connectivity index (χ0n) is 12.0. The van der Waals surface area contributed by atoms with Crippen LogP contribution in [0.25, 0.3) is 0 Å². The molecule has 1 rings (SSSR count). The van der Waals surface area contributed by atoms with Crippen molar-refractivity contribution in [1.29, 1.82) is 0 Å². The van der Waals surface area contributed by atoms with E-state index in [9.17, 15) is 5.11 Å². The van der Waals surface area contributed by atoms with Gasteiger partial charge in [-0.3, -0.25) is 0 Å². The molecule has 0 aliphatic carbocycles. The van der Waals surface area contributed by atoms with Crippen molar-refractivity contribution in [2.75, 3.05) is 13.2 Å². The zero-order valence-corrected chi connectivity index (χ0v) is 12.0. The summed E-state index contributed by atoms with van der Waals surface area (Å²) in [5.74, 6) is 1.55. The van der Waals surface area contributed by atoms with Gasteiger partial charge < -0.3 is 14.6 Å². The van der Waals surface area contributed by atoms with Gasteiger partial charge in [-0.25, -0.2) is 0 Å². The van der Waals surface area contributed by atoms with Crippen molar-refractivity contribution in [3.63, 3.8) is 0 Å². The lowest BCUT2D eigenvalue weighted by molar-refractivity contribution is 0.00878. The minimum Gasteiger partial charge on any atom is -0.490 e. The van der Waals surface area contributed by atoms with Crippen molar-refractivity contribution in [2.24, 2.45) is 5.92 Å². The van der Waals surface area contributed by atoms with Crippen LogP contribution < -0.4 is 9.47 Å². The first-order valence-electron chi connectivity index (χ1n) is 6.55. The average molecular weight is 252 g/mol. The third-order valence-electron chi connectivity index (χ3n) is 3.25. The van der Waals surface area contributed by atoms with Crippen LogP contribution in [0.2, 0.25) is 0 Å². The van der Waals surface area contributed by atoms with Crippen LogP contribution in [0, 0.1) is 5.92 Å². The van der Waals surface area contributed by atoms with Gasteiger partial charge in [-0.2, -0.15) is 0 Å². The Morgan fingerprint density at radius 1 is 1.11 bits per heavy atom. The molecular formula is C15H24O3. The fourth-order valence-electron chi connectivity index (χ4n) is 1.70. The van der Waals surface area contributed by atoms with E-state index in [1.807, 2.05) is 52.8 Å². The first-order valence-corrected chi connectivity index (χ1v) is 6.55. The zero-order chi connectivity index (χ0) is 13.8. The molecule has 1 atom stereocenters. The molecule has 0 bridgehead atoms. The highest BCUT2D eigenvalue weighted by Crippen LogP contribution is 2.35. The van der Waals surface area contributed by atoms with Crippen molar-refractivity contribution < 1.29 is 14.6 Å². The summed E-state index contributed by atoms with van der Waals surface area (Å²) in [5, 5.41) is 10.5. The Kier molecular flexibility index (Phi) is 5.03. The second-order valence-electron chi connectivity index (χ2n) is 4.83. The van der Waals surface area contributed by atoms with Crippen LogP contribution in [0.5, 0.6) is 11.5 Å². The maximum absolute atomic E-state index is 10.5. The van der Waals surface area contributed by atoms with Crippen LogP contribution in [-0.4, -0.2) is 18.3 Å². The summed E-state index contributed by atoms with van der Waals surface area (Å²) in [7, 11) is 0. The Hall–Kier alpha value is -1.22. The molecule has 0 heterocycles. The van der Waals surface area contributed by atoms with Gasteiger partial charge in [-0.1, -0.05) is 19.9 Å². The summed E-state index contributed by atoms with van der Waals surface area (Å²) in [6.07, 6.45) is 0. The van der Waals surface area contributed by atoms with Crippen LogP contribution in [0.4, 0.5) is 0 Å². The predicted octanol–water partition coefficient (Wildman–Crippen LogP) is 3.35. The van der Waals surface area contributed by atoms with Crippen LogP contribution in [0.15, 0.2) is 18.2 Å². The smallest absolute Gasteiger partial charge is 0.161 e. The van der Waals surface area contributed by atoms with Gasteiger partial charge in [-0.05, 0) is 44.4 Å². The molecule has 0 fully saturated rings. The van der Waals surface area contributed by atoms with Gasteiger partial charge in [-0.15, -0.1) is 0 Å². The van der Waals surface area contributed by atoms with E-state index in [1.165, 1.54) is 0 Å². The molecule has 1 aromatic rings. The molecule has 1 unspecified atom stereocenters. The third kappa shape index (κ3) is 3.16. The van der Waals surface area contributed by atoms with Crippen molar-refractivity contribution in [2.45, 2.75) is 40.2 Å². The van der Waals surface area contributed by atoms with Crippen molar-refractivity contribution >= 4 is 0 Å². The Morgan fingerprint density at radius 2 is 1.67 bits per heavy atom. The highest BCUT2D eigenvalue weighted by molar-refractivity contribution is 5.44. The highest BCUT2D eigenvalue weighted by Gasteiger charge is 2.28. The van der Waals surface area contributed by atoms with Gasteiger partial charge in [0.2, 0.25) is 0 Å². The molecule has 1 N–H and O–H groups in total. The van der Waals surface area contributed by atoms with E-state index in [4.69, 9.17) is 9.47 Å². The minimum atomic E-state index is -0.864. The third-order valence-corrected chi connectivity index (χ3v) is 3.25. The molecule has 0 saturated heterocycles. The van der Waals surface area contributed by atoms with Gasteiger partial charge in [0.15, 0.2) is 11.5 Å². The van der Waals surface area contributed by atoms with Gasteiger partial charge in [0.1, 0.15) is 0 Å². The second-order valence-corrected chi connectivity index (χ2v) is 4.83. The van der Waals surface area contributed by atoms with Crippen molar-refractivity contribution in [3.05, 3.63) is 23.8 Å². The molecule has 3 nitrogen and oxygen atoms in total. The lowest BCUT2D eigenvalue weighted by atomic mass is 9.85. The van der Waals surface area contributed by atoms with E-state index in [-0.39, 0.29) is 5.92 Å². The number of benzene rings is 1. The fourth-order valence-corrected chi connectivity index (χ4v) is 1.70. The van der Waals surface area contributed by atoms with E-state index in [0.29, 0.717) is 19.0 Å². The van der Waals surface area contributed by atoms with Crippen molar-refractivity contribution in [3.8, 4) is 11.5 Å². The molecule has 18 heavy (non-hydrogen) atoms. The topological polar surface area (TPSA) is 38.7 Å². The monoisotopic (exact) mass is 252 g/mol. The van der Waals surface area contributed by atoms with E-state index in [1.54, 1.807) is 0 Å². The molecule has 0 aromatic heterocycles.